The van der Waals surface area contributed by atoms with Gasteiger partial charge in [-0.2, -0.15) is 0 Å². The van der Waals surface area contributed by atoms with Gasteiger partial charge in [0.25, 0.3) is 5.91 Å². The summed E-state index contributed by atoms with van der Waals surface area (Å²) in [6.45, 7) is 7.88. The van der Waals surface area contributed by atoms with E-state index < -0.39 is 5.34 Å². The number of benzene rings is 1. The largest absolute Gasteiger partial charge is 0.398 e. The quantitative estimate of drug-likeness (QED) is 0.341. The van der Waals surface area contributed by atoms with Gasteiger partial charge in [0.15, 0.2) is 0 Å². The van der Waals surface area contributed by atoms with Crippen molar-refractivity contribution in [2.75, 3.05) is 26.3 Å². The van der Waals surface area contributed by atoms with Gasteiger partial charge in [-0.1, -0.05) is 37.7 Å². The zero-order chi connectivity index (χ0) is 27.7. The summed E-state index contributed by atoms with van der Waals surface area (Å²) in [7, 11) is 12.9. The lowest BCUT2D eigenvalue weighted by Crippen LogP contribution is -2.55. The smallest absolute Gasteiger partial charge is 0.251 e. The predicted molar refractivity (Wildman–Crippen MR) is 157 cm³/mol. The lowest BCUT2D eigenvalue weighted by atomic mass is 9.52. The third-order valence-corrected chi connectivity index (χ3v) is 7.98. The van der Waals surface area contributed by atoms with Crippen LogP contribution in [-0.4, -0.2) is 64.2 Å². The Bertz CT molecular complexity index is 957. The van der Waals surface area contributed by atoms with Crippen LogP contribution in [0.25, 0.3) is 5.70 Å². The van der Waals surface area contributed by atoms with Gasteiger partial charge in [-0.3, -0.25) is 4.79 Å². The molecule has 7 N–H and O–H groups in total. The molecule has 204 valence electrons. The minimum absolute atomic E-state index is 0.0639. The highest BCUT2D eigenvalue weighted by molar-refractivity contribution is 6.40. The van der Waals surface area contributed by atoms with Gasteiger partial charge in [0.2, 0.25) is 0 Å². The van der Waals surface area contributed by atoms with E-state index in [9.17, 15) is 4.79 Å². The standard InChI is InChI=1S/C14H18N4O.C13H21B2NO.C2H6/c15-12(6-7-13(16)17)9-2-1-3-10(8-9)14(19)18-11-4-5-11;14-13(15,12-4-6-17-7-5-12)16-8-10-2-1-3-11(10)9-16;1-2/h1-3,6-8,11H,4-5,15-17H2,(H,18,19);10-12H,1-9H2;1-2H3/b12-6-;;. The van der Waals surface area contributed by atoms with Crippen LogP contribution in [0.15, 0.2) is 42.2 Å². The molecular formula is C29H45B2N5O2. The van der Waals surface area contributed by atoms with Gasteiger partial charge in [-0.15, -0.1) is 0 Å². The summed E-state index contributed by atoms with van der Waals surface area (Å²) in [4.78, 5) is 14.3. The summed E-state index contributed by atoms with van der Waals surface area (Å²) in [5, 5.41) is 2.33. The number of likely N-dealkylation sites (tertiary alicyclic amines) is 1. The van der Waals surface area contributed by atoms with Crippen molar-refractivity contribution in [3.05, 3.63) is 53.4 Å². The molecule has 7 nitrogen and oxygen atoms in total. The predicted octanol–water partition coefficient (Wildman–Crippen LogP) is 2.80. The fraction of sp³-hybridized carbons (Fsp3) is 0.621. The van der Waals surface area contributed by atoms with E-state index in [-0.39, 0.29) is 11.7 Å². The fourth-order valence-corrected chi connectivity index (χ4v) is 5.59. The van der Waals surface area contributed by atoms with Crippen molar-refractivity contribution in [2.45, 2.75) is 70.2 Å². The number of ether oxygens (including phenoxy) is 1. The maximum Gasteiger partial charge on any atom is 0.251 e. The molecule has 2 saturated carbocycles. The molecule has 38 heavy (non-hydrogen) atoms. The fourth-order valence-electron chi connectivity index (χ4n) is 5.59. The van der Waals surface area contributed by atoms with Crippen molar-refractivity contribution in [3.8, 4) is 0 Å². The first-order valence-corrected chi connectivity index (χ1v) is 14.2. The molecule has 0 spiro atoms. The van der Waals surface area contributed by atoms with E-state index in [0.717, 1.165) is 69.4 Å². The summed E-state index contributed by atoms with van der Waals surface area (Å²) in [5.74, 6) is 2.24. The highest BCUT2D eigenvalue weighted by atomic mass is 16.5. The molecule has 0 bridgehead atoms. The van der Waals surface area contributed by atoms with Crippen LogP contribution in [0.2, 0.25) is 0 Å². The van der Waals surface area contributed by atoms with E-state index >= 15 is 0 Å². The second kappa shape index (κ2) is 14.1. The van der Waals surface area contributed by atoms with Gasteiger partial charge < -0.3 is 32.2 Å². The molecular weight excluding hydrogens is 472 g/mol. The first kappa shape index (κ1) is 30.2. The van der Waals surface area contributed by atoms with Crippen LogP contribution < -0.4 is 22.5 Å². The molecule has 4 radical (unpaired) electrons. The lowest BCUT2D eigenvalue weighted by molar-refractivity contribution is 0.0375. The molecule has 4 fully saturated rings. The molecule has 0 aromatic heterocycles. The number of carbonyl (C=O) groups excluding carboxylic acids is 1. The number of hydrogen-bond acceptors (Lipinski definition) is 6. The van der Waals surface area contributed by atoms with Crippen molar-refractivity contribution < 1.29 is 9.53 Å². The number of nitrogens with two attached hydrogens (primary N) is 3. The molecule has 9 heteroatoms. The molecule has 2 unspecified atom stereocenters. The SMILES string of the molecule is CC.NC(N)=C/C=C(\N)c1cccc(C(=O)NC2CC2)c1.[B]C([B])(C1CCOCC1)N1CC2CCCC2C1. The molecule has 2 aliphatic carbocycles. The second-order valence-corrected chi connectivity index (χ2v) is 10.7. The average Bonchev–Trinajstić information content (AvgIpc) is 3.47. The Balaban J connectivity index is 0.000000199. The normalized spacial score (nSPS) is 23.8. The molecule has 2 saturated heterocycles. The molecule has 1 aromatic carbocycles. The van der Waals surface area contributed by atoms with Gasteiger partial charge in [-0.25, -0.2) is 0 Å². The van der Waals surface area contributed by atoms with E-state index in [0.29, 0.717) is 23.2 Å². The molecule has 1 amide bonds. The van der Waals surface area contributed by atoms with Crippen molar-refractivity contribution in [1.82, 2.24) is 10.2 Å². The van der Waals surface area contributed by atoms with Gasteiger partial charge >= 0.3 is 0 Å². The van der Waals surface area contributed by atoms with Crippen LogP contribution in [0.5, 0.6) is 0 Å². The molecule has 2 aliphatic heterocycles. The third-order valence-electron chi connectivity index (χ3n) is 7.98. The topological polar surface area (TPSA) is 120 Å². The average molecular weight is 517 g/mol. The molecule has 1 aromatic rings. The highest BCUT2D eigenvalue weighted by Gasteiger charge is 2.43. The summed E-state index contributed by atoms with van der Waals surface area (Å²) in [5.41, 5.74) is 18.4. The Hall–Kier alpha value is -2.38. The van der Waals surface area contributed by atoms with E-state index in [2.05, 4.69) is 10.2 Å². The van der Waals surface area contributed by atoms with Gasteiger partial charge in [0, 0.05) is 43.6 Å². The summed E-state index contributed by atoms with van der Waals surface area (Å²) >= 11 is 0. The Labute approximate surface area is 231 Å². The second-order valence-electron chi connectivity index (χ2n) is 10.7. The third kappa shape index (κ3) is 8.31. The highest BCUT2D eigenvalue weighted by Crippen LogP contribution is 2.41. The van der Waals surface area contributed by atoms with Gasteiger partial charge in [0.1, 0.15) is 0 Å². The first-order chi connectivity index (χ1) is 18.2. The van der Waals surface area contributed by atoms with E-state index in [1.807, 2.05) is 19.9 Å². The van der Waals surface area contributed by atoms with Crippen LogP contribution in [0.3, 0.4) is 0 Å². The Morgan fingerprint density at radius 3 is 2.16 bits per heavy atom. The number of rotatable bonds is 6. The zero-order valence-electron chi connectivity index (χ0n) is 23.2. The molecule has 4 aliphatic rings. The van der Waals surface area contributed by atoms with Crippen LogP contribution in [0.1, 0.15) is 74.7 Å². The number of carbonyl (C=O) groups is 1. The van der Waals surface area contributed by atoms with E-state index in [4.69, 9.17) is 37.6 Å². The Kier molecular flexibility index (Phi) is 11.2. The van der Waals surface area contributed by atoms with Crippen LogP contribution in [0, 0.1) is 17.8 Å². The number of fused-ring (bicyclic) bond motifs is 1. The number of nitrogens with one attached hydrogen (secondary N) is 1. The molecule has 5 rings (SSSR count). The first-order valence-electron chi connectivity index (χ1n) is 14.2. The number of nitrogens with zero attached hydrogens (tertiary/aromatic N) is 1. The van der Waals surface area contributed by atoms with Crippen molar-refractivity contribution in [1.29, 1.82) is 0 Å². The monoisotopic (exact) mass is 517 g/mol. The van der Waals surface area contributed by atoms with E-state index in [1.165, 1.54) is 25.3 Å². The Morgan fingerprint density at radius 1 is 0.974 bits per heavy atom. The van der Waals surface area contributed by atoms with Crippen molar-refractivity contribution in [2.24, 2.45) is 35.0 Å². The van der Waals surface area contributed by atoms with Crippen LogP contribution in [-0.2, 0) is 4.74 Å². The maximum absolute atomic E-state index is 11.9. The zero-order valence-corrected chi connectivity index (χ0v) is 23.2. The van der Waals surface area contributed by atoms with Crippen molar-refractivity contribution in [3.63, 3.8) is 0 Å². The van der Waals surface area contributed by atoms with E-state index in [1.54, 1.807) is 24.3 Å². The molecule has 2 heterocycles. The summed E-state index contributed by atoms with van der Waals surface area (Å²) < 4.78 is 5.40. The van der Waals surface area contributed by atoms with Gasteiger partial charge in [0.05, 0.1) is 21.5 Å². The molecule has 2 atom stereocenters. The number of amides is 1. The van der Waals surface area contributed by atoms with Gasteiger partial charge in [-0.05, 0) is 86.1 Å². The summed E-state index contributed by atoms with van der Waals surface area (Å²) in [6.07, 6.45) is 11.5. The number of allylic oxidation sites excluding steroid dienone is 2. The Morgan fingerprint density at radius 2 is 1.58 bits per heavy atom. The summed E-state index contributed by atoms with van der Waals surface area (Å²) in [6, 6.07) is 7.49. The lowest BCUT2D eigenvalue weighted by Gasteiger charge is -2.45. The maximum atomic E-state index is 11.9. The van der Waals surface area contributed by atoms with Crippen LogP contribution in [0.4, 0.5) is 0 Å². The number of hydrogen-bond donors (Lipinski definition) is 4. The minimum Gasteiger partial charge on any atom is -0.398 e. The minimum atomic E-state index is -0.603. The van der Waals surface area contributed by atoms with Crippen molar-refractivity contribution >= 4 is 27.3 Å². The van der Waals surface area contributed by atoms with Crippen LogP contribution >= 0.6 is 0 Å².